The van der Waals surface area contributed by atoms with Crippen molar-refractivity contribution in [2.45, 2.75) is 18.2 Å². The summed E-state index contributed by atoms with van der Waals surface area (Å²) < 4.78 is 24.2. The second-order valence-corrected chi connectivity index (χ2v) is 6.46. The Labute approximate surface area is 118 Å². The predicted octanol–water partition coefficient (Wildman–Crippen LogP) is 2.23. The lowest BCUT2D eigenvalue weighted by Gasteiger charge is -2.20. The molecule has 3 rings (SSSR count). The average Bonchev–Trinajstić information content (AvgIpc) is 2.40. The van der Waals surface area contributed by atoms with Crippen LogP contribution in [0.4, 0.5) is 0 Å². The number of benzene rings is 2. The Kier molecular flexibility index (Phi) is 3.06. The molecule has 0 heterocycles. The number of hydrazone groups is 1. The van der Waals surface area contributed by atoms with E-state index in [0.717, 1.165) is 16.8 Å². The summed E-state index contributed by atoms with van der Waals surface area (Å²) >= 11 is 0. The summed E-state index contributed by atoms with van der Waals surface area (Å²) in [5.41, 5.74) is 4.00. The van der Waals surface area contributed by atoms with Gasteiger partial charge in [-0.05, 0) is 24.6 Å². The minimum absolute atomic E-state index is 0.222. The molecule has 0 saturated carbocycles. The molecule has 20 heavy (non-hydrogen) atoms. The Hall–Kier alpha value is -2.14. The molecule has 0 aromatic heterocycles. The van der Waals surface area contributed by atoms with Gasteiger partial charge < -0.3 is 0 Å². The predicted molar refractivity (Wildman–Crippen MR) is 78.2 cm³/mol. The molecule has 0 aliphatic heterocycles. The molecule has 0 unspecified atom stereocenters. The Morgan fingerprint density at radius 2 is 1.75 bits per heavy atom. The van der Waals surface area contributed by atoms with Crippen molar-refractivity contribution in [1.82, 2.24) is 4.83 Å². The van der Waals surface area contributed by atoms with Gasteiger partial charge in [0.05, 0.1) is 10.6 Å². The molecule has 102 valence electrons. The third-order valence-corrected chi connectivity index (χ3v) is 4.54. The van der Waals surface area contributed by atoms with E-state index in [9.17, 15) is 8.42 Å². The molecule has 0 atom stereocenters. The zero-order valence-electron chi connectivity index (χ0n) is 11.0. The van der Waals surface area contributed by atoms with E-state index >= 15 is 0 Å². The highest BCUT2D eigenvalue weighted by Crippen LogP contribution is 2.22. The number of nitrogens with one attached hydrogen (secondary N) is 1. The number of sulfonamides is 1. The van der Waals surface area contributed by atoms with Gasteiger partial charge in [-0.15, -0.1) is 0 Å². The monoisotopic (exact) mass is 286 g/mol. The Bertz CT molecular complexity index is 778. The highest BCUT2D eigenvalue weighted by atomic mass is 32.2. The first-order chi connectivity index (χ1) is 9.56. The fourth-order valence-electron chi connectivity index (χ4n) is 2.11. The first-order valence-electron chi connectivity index (χ1n) is 6.29. The molecule has 0 saturated heterocycles. The summed E-state index contributed by atoms with van der Waals surface area (Å²) in [5.74, 6) is 0. The maximum Gasteiger partial charge on any atom is 0.276 e. The van der Waals surface area contributed by atoms with Crippen LogP contribution in [0.3, 0.4) is 0 Å². The van der Waals surface area contributed by atoms with Gasteiger partial charge >= 0.3 is 0 Å². The first-order valence-corrected chi connectivity index (χ1v) is 7.78. The molecule has 1 N–H and O–H groups in total. The summed E-state index contributed by atoms with van der Waals surface area (Å²) in [6.45, 7) is 1.91. The lowest BCUT2D eigenvalue weighted by molar-refractivity contribution is 0.584. The van der Waals surface area contributed by atoms with Gasteiger partial charge in [0.25, 0.3) is 10.0 Å². The van der Waals surface area contributed by atoms with Crippen molar-refractivity contribution in [2.24, 2.45) is 5.10 Å². The van der Waals surface area contributed by atoms with E-state index in [1.54, 1.807) is 24.3 Å². The fourth-order valence-corrected chi connectivity index (χ4v) is 2.94. The molecule has 0 radical (unpaired) electrons. The molecule has 0 bridgehead atoms. The van der Waals surface area contributed by atoms with Crippen molar-refractivity contribution in [3.05, 3.63) is 65.2 Å². The third-order valence-electron chi connectivity index (χ3n) is 3.32. The molecule has 0 spiro atoms. The van der Waals surface area contributed by atoms with E-state index in [4.69, 9.17) is 0 Å². The molecular weight excluding hydrogens is 272 g/mol. The van der Waals surface area contributed by atoms with Crippen LogP contribution in [0.1, 0.15) is 16.7 Å². The van der Waals surface area contributed by atoms with Crippen LogP contribution < -0.4 is 4.83 Å². The minimum atomic E-state index is -3.59. The van der Waals surface area contributed by atoms with Gasteiger partial charge in [0.1, 0.15) is 0 Å². The standard InChI is InChI=1S/C15H14N2O2S/c1-11-6-8-13(9-7-11)20(18,19)17-16-15-10-12-4-2-3-5-14(12)15/h2-9,17H,10H2,1H3/b16-15-. The summed E-state index contributed by atoms with van der Waals surface area (Å²) in [6, 6.07) is 14.5. The second-order valence-electron chi connectivity index (χ2n) is 4.80. The largest absolute Gasteiger partial charge is 0.276 e. The topological polar surface area (TPSA) is 58.5 Å². The molecule has 4 nitrogen and oxygen atoms in total. The quantitative estimate of drug-likeness (QED) is 0.880. The molecule has 5 heteroatoms. The molecule has 1 aliphatic rings. The van der Waals surface area contributed by atoms with Crippen LogP contribution in [0.25, 0.3) is 0 Å². The van der Waals surface area contributed by atoms with Crippen LogP contribution in [0.2, 0.25) is 0 Å². The highest BCUT2D eigenvalue weighted by Gasteiger charge is 2.21. The van der Waals surface area contributed by atoms with Crippen molar-refractivity contribution in [3.8, 4) is 0 Å². The number of hydrogen-bond donors (Lipinski definition) is 1. The average molecular weight is 286 g/mol. The van der Waals surface area contributed by atoms with Gasteiger partial charge in [-0.2, -0.15) is 18.4 Å². The molecule has 2 aromatic carbocycles. The van der Waals surface area contributed by atoms with Crippen molar-refractivity contribution >= 4 is 15.7 Å². The lowest BCUT2D eigenvalue weighted by Crippen LogP contribution is -2.26. The van der Waals surface area contributed by atoms with E-state index in [-0.39, 0.29) is 4.90 Å². The zero-order chi connectivity index (χ0) is 14.2. The maximum absolute atomic E-state index is 12.1. The van der Waals surface area contributed by atoms with Crippen molar-refractivity contribution < 1.29 is 8.42 Å². The highest BCUT2D eigenvalue weighted by molar-refractivity contribution is 7.89. The van der Waals surface area contributed by atoms with Gasteiger partial charge in [0.15, 0.2) is 0 Å². The van der Waals surface area contributed by atoms with E-state index in [0.29, 0.717) is 6.42 Å². The summed E-state index contributed by atoms with van der Waals surface area (Å²) in [5, 5.41) is 4.02. The Morgan fingerprint density at radius 1 is 1.05 bits per heavy atom. The second kappa shape index (κ2) is 4.76. The molecule has 2 aromatic rings. The summed E-state index contributed by atoms with van der Waals surface area (Å²) in [7, 11) is -3.59. The Balaban J connectivity index is 1.81. The van der Waals surface area contributed by atoms with E-state index in [1.165, 1.54) is 5.56 Å². The van der Waals surface area contributed by atoms with Crippen molar-refractivity contribution in [2.75, 3.05) is 0 Å². The summed E-state index contributed by atoms with van der Waals surface area (Å²) in [6.07, 6.45) is 0.701. The number of nitrogens with zero attached hydrogens (tertiary/aromatic N) is 1. The molecule has 1 aliphatic carbocycles. The number of aryl methyl sites for hydroxylation is 1. The fraction of sp³-hybridized carbons (Fsp3) is 0.133. The van der Waals surface area contributed by atoms with Crippen LogP contribution >= 0.6 is 0 Å². The number of rotatable bonds is 3. The third kappa shape index (κ3) is 2.32. The van der Waals surface area contributed by atoms with Crippen molar-refractivity contribution in [1.29, 1.82) is 0 Å². The molecular formula is C15H14N2O2S. The van der Waals surface area contributed by atoms with Crippen LogP contribution in [0.15, 0.2) is 58.5 Å². The molecule has 0 amide bonds. The van der Waals surface area contributed by atoms with Crippen LogP contribution in [0.5, 0.6) is 0 Å². The van der Waals surface area contributed by atoms with E-state index in [1.807, 2.05) is 31.2 Å². The smallest absolute Gasteiger partial charge is 0.200 e. The van der Waals surface area contributed by atoms with Gasteiger partial charge in [-0.1, -0.05) is 42.0 Å². The summed E-state index contributed by atoms with van der Waals surface area (Å²) in [4.78, 5) is 2.52. The number of fused-ring (bicyclic) bond motifs is 1. The van der Waals surface area contributed by atoms with Crippen LogP contribution in [-0.4, -0.2) is 14.1 Å². The van der Waals surface area contributed by atoms with Gasteiger partial charge in [0.2, 0.25) is 0 Å². The van der Waals surface area contributed by atoms with Gasteiger partial charge in [0, 0.05) is 12.0 Å². The van der Waals surface area contributed by atoms with E-state index < -0.39 is 10.0 Å². The normalized spacial score (nSPS) is 15.6. The lowest BCUT2D eigenvalue weighted by atomic mass is 9.87. The minimum Gasteiger partial charge on any atom is -0.200 e. The zero-order valence-corrected chi connectivity index (χ0v) is 11.8. The van der Waals surface area contributed by atoms with Gasteiger partial charge in [-0.3, -0.25) is 0 Å². The first kappa shape index (κ1) is 12.9. The SMILES string of the molecule is Cc1ccc(S(=O)(=O)N/N=C2/Cc3ccccc32)cc1. The van der Waals surface area contributed by atoms with Crippen molar-refractivity contribution in [3.63, 3.8) is 0 Å². The maximum atomic E-state index is 12.1. The van der Waals surface area contributed by atoms with Gasteiger partial charge in [-0.25, -0.2) is 0 Å². The van der Waals surface area contributed by atoms with E-state index in [2.05, 4.69) is 9.93 Å². The molecule has 0 fully saturated rings. The Morgan fingerprint density at radius 3 is 2.45 bits per heavy atom. The van der Waals surface area contributed by atoms with Crippen LogP contribution in [0, 0.1) is 6.92 Å². The number of hydrogen-bond acceptors (Lipinski definition) is 3. The van der Waals surface area contributed by atoms with Crippen LogP contribution in [-0.2, 0) is 16.4 Å².